The first-order chi connectivity index (χ1) is 12.4. The first-order valence-corrected chi connectivity index (χ1v) is 7.49. The Labute approximate surface area is 146 Å². The molecule has 0 bridgehead atoms. The molecular formula is C15H15N4O7+. The van der Waals surface area contributed by atoms with Crippen LogP contribution in [0.5, 0.6) is 5.75 Å². The molecule has 0 amide bonds. The molecule has 2 aromatic carbocycles. The van der Waals surface area contributed by atoms with Crippen molar-refractivity contribution < 1.29 is 24.8 Å². The number of hydrogen-bond donors (Lipinski definition) is 1. The lowest BCUT2D eigenvalue weighted by molar-refractivity contribution is -0.671. The van der Waals surface area contributed by atoms with Crippen molar-refractivity contribution in [3.8, 4) is 5.75 Å². The lowest BCUT2D eigenvalue weighted by Crippen LogP contribution is -2.83. The molecule has 0 saturated carbocycles. The van der Waals surface area contributed by atoms with Crippen LogP contribution in [0.25, 0.3) is 0 Å². The zero-order valence-corrected chi connectivity index (χ0v) is 13.4. The lowest BCUT2D eigenvalue weighted by Gasteiger charge is -2.07. The molecule has 136 valence electrons. The number of quaternary nitrogens is 1. The third-order valence-electron chi connectivity index (χ3n) is 3.43. The number of hydrogen-bond acceptors (Lipinski definition) is 7. The van der Waals surface area contributed by atoms with E-state index in [9.17, 15) is 30.3 Å². The molecule has 2 rings (SSSR count). The van der Waals surface area contributed by atoms with E-state index in [0.717, 1.165) is 5.56 Å². The van der Waals surface area contributed by atoms with Gasteiger partial charge in [-0.25, -0.2) is 0 Å². The fourth-order valence-corrected chi connectivity index (χ4v) is 2.24. The molecule has 11 heteroatoms. The van der Waals surface area contributed by atoms with Gasteiger partial charge in [-0.2, -0.15) is 0 Å². The number of nitro benzene ring substituents is 3. The molecule has 2 aromatic rings. The number of nitrogens with two attached hydrogens (primary N) is 1. The number of ether oxygens (including phenoxy) is 1. The van der Waals surface area contributed by atoms with Crippen LogP contribution >= 0.6 is 0 Å². The Morgan fingerprint density at radius 2 is 1.46 bits per heavy atom. The maximum absolute atomic E-state index is 11.1. The van der Waals surface area contributed by atoms with Crippen LogP contribution in [0.2, 0.25) is 0 Å². The van der Waals surface area contributed by atoms with Gasteiger partial charge in [-0.15, -0.1) is 0 Å². The fourth-order valence-electron chi connectivity index (χ4n) is 2.24. The van der Waals surface area contributed by atoms with E-state index in [1.54, 1.807) is 0 Å². The van der Waals surface area contributed by atoms with Crippen molar-refractivity contribution in [2.24, 2.45) is 0 Å². The van der Waals surface area contributed by atoms with E-state index < -0.39 is 37.6 Å². The summed E-state index contributed by atoms with van der Waals surface area (Å²) in [7, 11) is 0. The minimum Gasteiger partial charge on any atom is -0.476 e. The normalized spacial score (nSPS) is 10.3. The number of benzene rings is 2. The predicted molar refractivity (Wildman–Crippen MR) is 88.8 cm³/mol. The fraction of sp³-hybridized carbons (Fsp3) is 0.200. The van der Waals surface area contributed by atoms with Crippen LogP contribution in [0, 0.1) is 30.3 Å². The summed E-state index contributed by atoms with van der Waals surface area (Å²) >= 11 is 0. The summed E-state index contributed by atoms with van der Waals surface area (Å²) in [5.74, 6) is -0.585. The van der Waals surface area contributed by atoms with Crippen LogP contribution in [0.1, 0.15) is 5.56 Å². The Morgan fingerprint density at radius 3 is 1.96 bits per heavy atom. The maximum Gasteiger partial charge on any atom is 0.325 e. The van der Waals surface area contributed by atoms with E-state index in [-0.39, 0.29) is 6.61 Å². The smallest absolute Gasteiger partial charge is 0.325 e. The van der Waals surface area contributed by atoms with Crippen LogP contribution in [0.4, 0.5) is 17.1 Å². The standard InChI is InChI=1S/C15H14N4O7/c20-17(21)12-8-13(18(22)23)15(14(9-12)19(24)25)26-7-6-16-10-11-4-2-1-3-5-11/h1-5,8-9,16H,6-7,10H2/p+1. The van der Waals surface area contributed by atoms with Crippen LogP contribution in [-0.2, 0) is 6.54 Å². The largest absolute Gasteiger partial charge is 0.476 e. The lowest BCUT2D eigenvalue weighted by atomic mass is 10.2. The number of nitrogens with zero attached hydrogens (tertiary/aromatic N) is 3. The quantitative estimate of drug-likeness (QED) is 0.402. The topological polar surface area (TPSA) is 155 Å². The summed E-state index contributed by atoms with van der Waals surface area (Å²) in [4.78, 5) is 30.2. The van der Waals surface area contributed by atoms with Gasteiger partial charge in [0.15, 0.2) is 0 Å². The monoisotopic (exact) mass is 363 g/mol. The molecule has 0 atom stereocenters. The van der Waals surface area contributed by atoms with Crippen LogP contribution in [0.15, 0.2) is 42.5 Å². The van der Waals surface area contributed by atoms with Gasteiger partial charge in [0.2, 0.25) is 0 Å². The Bertz CT molecular complexity index is 791. The second-order valence-electron chi connectivity index (χ2n) is 5.20. The van der Waals surface area contributed by atoms with Crippen molar-refractivity contribution in [2.75, 3.05) is 13.2 Å². The van der Waals surface area contributed by atoms with Crippen molar-refractivity contribution in [1.29, 1.82) is 0 Å². The van der Waals surface area contributed by atoms with E-state index in [1.165, 1.54) is 0 Å². The summed E-state index contributed by atoms with van der Waals surface area (Å²) in [5.41, 5.74) is -1.30. The molecule has 0 aliphatic rings. The van der Waals surface area contributed by atoms with Gasteiger partial charge in [0.25, 0.3) is 11.4 Å². The summed E-state index contributed by atoms with van der Waals surface area (Å²) in [6.45, 7) is 1.00. The van der Waals surface area contributed by atoms with E-state index >= 15 is 0 Å². The first kappa shape index (κ1) is 18.7. The van der Waals surface area contributed by atoms with Crippen molar-refractivity contribution >= 4 is 17.1 Å². The molecule has 0 aliphatic heterocycles. The molecular weight excluding hydrogens is 348 g/mol. The summed E-state index contributed by atoms with van der Waals surface area (Å²) in [5, 5.41) is 34.9. The second kappa shape index (κ2) is 8.48. The summed E-state index contributed by atoms with van der Waals surface area (Å²) < 4.78 is 5.23. The Morgan fingerprint density at radius 1 is 0.885 bits per heavy atom. The molecule has 0 radical (unpaired) electrons. The zero-order chi connectivity index (χ0) is 19.1. The highest BCUT2D eigenvalue weighted by Crippen LogP contribution is 2.40. The summed E-state index contributed by atoms with van der Waals surface area (Å²) in [6, 6.07) is 10.8. The highest BCUT2D eigenvalue weighted by Gasteiger charge is 2.32. The highest BCUT2D eigenvalue weighted by atomic mass is 16.6. The van der Waals surface area contributed by atoms with Gasteiger partial charge in [-0.3, -0.25) is 30.3 Å². The van der Waals surface area contributed by atoms with Crippen LogP contribution in [0.3, 0.4) is 0 Å². The molecule has 11 nitrogen and oxygen atoms in total. The molecule has 0 aromatic heterocycles. The molecule has 0 unspecified atom stereocenters. The van der Waals surface area contributed by atoms with Gasteiger partial charge < -0.3 is 10.1 Å². The van der Waals surface area contributed by atoms with E-state index in [0.29, 0.717) is 25.2 Å². The highest BCUT2D eigenvalue weighted by molar-refractivity contribution is 5.65. The molecule has 26 heavy (non-hydrogen) atoms. The third-order valence-corrected chi connectivity index (χ3v) is 3.43. The minimum absolute atomic E-state index is 0.0354. The van der Waals surface area contributed by atoms with E-state index in [2.05, 4.69) is 0 Å². The predicted octanol–water partition coefficient (Wildman–Crippen LogP) is 1.55. The van der Waals surface area contributed by atoms with Gasteiger partial charge in [0, 0.05) is 5.56 Å². The van der Waals surface area contributed by atoms with Crippen LogP contribution < -0.4 is 10.1 Å². The number of nitro groups is 3. The number of non-ortho nitro benzene ring substituents is 1. The van der Waals surface area contributed by atoms with Crippen molar-refractivity contribution in [2.45, 2.75) is 6.54 Å². The third kappa shape index (κ3) is 4.70. The van der Waals surface area contributed by atoms with Crippen molar-refractivity contribution in [1.82, 2.24) is 0 Å². The van der Waals surface area contributed by atoms with Gasteiger partial charge in [-0.1, -0.05) is 30.3 Å². The minimum atomic E-state index is -0.941. The Kier molecular flexibility index (Phi) is 6.11. The molecule has 0 spiro atoms. The number of rotatable bonds is 9. The van der Waals surface area contributed by atoms with Crippen LogP contribution in [-0.4, -0.2) is 27.9 Å². The van der Waals surface area contributed by atoms with Gasteiger partial charge in [0.05, 0.1) is 26.9 Å². The second-order valence-corrected chi connectivity index (χ2v) is 5.20. The zero-order valence-electron chi connectivity index (χ0n) is 13.4. The Hall–Kier alpha value is -3.60. The molecule has 0 aliphatic carbocycles. The van der Waals surface area contributed by atoms with E-state index in [4.69, 9.17) is 4.74 Å². The van der Waals surface area contributed by atoms with Gasteiger partial charge in [0.1, 0.15) is 19.7 Å². The molecule has 0 heterocycles. The van der Waals surface area contributed by atoms with Gasteiger partial charge in [-0.05, 0) is 0 Å². The maximum atomic E-state index is 11.1. The average Bonchev–Trinajstić information content (AvgIpc) is 2.61. The van der Waals surface area contributed by atoms with E-state index in [1.807, 2.05) is 35.6 Å². The van der Waals surface area contributed by atoms with Crippen molar-refractivity contribution in [3.63, 3.8) is 0 Å². The summed E-state index contributed by atoms with van der Waals surface area (Å²) in [6.07, 6.45) is 0. The first-order valence-electron chi connectivity index (χ1n) is 7.49. The Balaban J connectivity index is 2.10. The molecule has 0 saturated heterocycles. The SMILES string of the molecule is O=[N+]([O-])c1cc([N+](=O)[O-])c(OCC[NH2+]Cc2ccccc2)c([N+](=O)[O-])c1. The molecule has 0 fully saturated rings. The molecule has 2 N–H and O–H groups in total. The average molecular weight is 363 g/mol. The van der Waals surface area contributed by atoms with Gasteiger partial charge >= 0.3 is 11.4 Å². The van der Waals surface area contributed by atoms with Crippen molar-refractivity contribution in [3.05, 3.63) is 78.4 Å².